The predicted molar refractivity (Wildman–Crippen MR) is 423 cm³/mol. The minimum Gasteiger partial charge on any atom is -0.462 e. The van der Waals surface area contributed by atoms with Gasteiger partial charge in [0.15, 0.2) is 12.2 Å². The van der Waals surface area contributed by atoms with E-state index < -0.39 is 97.5 Å². The number of rotatable bonds is 81. The van der Waals surface area contributed by atoms with Crippen molar-refractivity contribution in [2.45, 2.75) is 453 Å². The zero-order valence-corrected chi connectivity index (χ0v) is 69.7. The van der Waals surface area contributed by atoms with Crippen LogP contribution in [-0.4, -0.2) is 96.7 Å². The van der Waals surface area contributed by atoms with Crippen molar-refractivity contribution in [3.05, 3.63) is 0 Å². The molecule has 3 N–H and O–H groups in total. The third-order valence-corrected chi connectivity index (χ3v) is 22.2. The van der Waals surface area contributed by atoms with E-state index in [1.807, 2.05) is 0 Å². The second-order valence-corrected chi connectivity index (χ2v) is 34.6. The maximum Gasteiger partial charge on any atom is 0.472 e. The zero-order valence-electron chi connectivity index (χ0n) is 68.0. The van der Waals surface area contributed by atoms with Crippen molar-refractivity contribution in [1.29, 1.82) is 0 Å². The van der Waals surface area contributed by atoms with Crippen LogP contribution in [0.15, 0.2) is 0 Å². The summed E-state index contributed by atoms with van der Waals surface area (Å²) in [4.78, 5) is 73.2. The number of unbranched alkanes of at least 4 members (excludes halogenated alkanes) is 45. The van der Waals surface area contributed by atoms with Crippen molar-refractivity contribution in [3.63, 3.8) is 0 Å². The maximum atomic E-state index is 13.1. The highest BCUT2D eigenvalue weighted by Crippen LogP contribution is 2.45. The summed E-state index contributed by atoms with van der Waals surface area (Å²) in [5.74, 6) is 1.07. The number of hydrogen-bond donors (Lipinski definition) is 3. The number of aliphatic hydroxyl groups is 1. The molecule has 0 bridgehead atoms. The third kappa shape index (κ3) is 75.3. The molecule has 0 aliphatic heterocycles. The number of carbonyl (C=O) groups excluding carboxylic acids is 4. The number of hydrogen-bond acceptors (Lipinski definition) is 15. The Kier molecular flexibility index (Phi) is 71.5. The Morgan fingerprint density at radius 2 is 0.466 bits per heavy atom. The quantitative estimate of drug-likeness (QED) is 0.0222. The fraction of sp³-hybridized carbons (Fsp3) is 0.952. The van der Waals surface area contributed by atoms with Crippen molar-refractivity contribution in [3.8, 4) is 0 Å². The molecule has 0 aromatic heterocycles. The van der Waals surface area contributed by atoms with E-state index >= 15 is 0 Å². The highest BCUT2D eigenvalue weighted by Gasteiger charge is 2.30. The minimum absolute atomic E-state index is 0.106. The van der Waals surface area contributed by atoms with Gasteiger partial charge in [0.05, 0.1) is 26.4 Å². The highest BCUT2D eigenvalue weighted by atomic mass is 31.2. The van der Waals surface area contributed by atoms with Crippen molar-refractivity contribution >= 4 is 39.5 Å². The summed E-state index contributed by atoms with van der Waals surface area (Å²) in [6.45, 7) is 14.3. The second-order valence-electron chi connectivity index (χ2n) is 31.7. The third-order valence-electron chi connectivity index (χ3n) is 20.3. The lowest BCUT2D eigenvalue weighted by Crippen LogP contribution is -2.30. The molecular formula is C84H164O17P2. The topological polar surface area (TPSA) is 237 Å². The summed E-state index contributed by atoms with van der Waals surface area (Å²) >= 11 is 0. The van der Waals surface area contributed by atoms with Crippen LogP contribution in [0.2, 0.25) is 0 Å². The van der Waals surface area contributed by atoms with E-state index in [1.54, 1.807) is 0 Å². The molecule has 0 aromatic rings. The summed E-state index contributed by atoms with van der Waals surface area (Å²) in [6, 6.07) is 0. The van der Waals surface area contributed by atoms with Gasteiger partial charge in [0.1, 0.15) is 19.3 Å². The second kappa shape index (κ2) is 72.9. The van der Waals surface area contributed by atoms with Crippen molar-refractivity contribution in [2.24, 2.45) is 23.7 Å². The van der Waals surface area contributed by atoms with Crippen molar-refractivity contribution < 1.29 is 80.2 Å². The molecule has 0 radical (unpaired) electrons. The molecule has 0 heterocycles. The molecule has 0 rings (SSSR count). The van der Waals surface area contributed by atoms with E-state index in [2.05, 4.69) is 55.4 Å². The molecule has 103 heavy (non-hydrogen) atoms. The first-order chi connectivity index (χ1) is 49.7. The number of carbonyl (C=O) groups is 4. The normalized spacial score (nSPS) is 14.5. The lowest BCUT2D eigenvalue weighted by atomic mass is 9.99. The van der Waals surface area contributed by atoms with Crippen LogP contribution in [0.3, 0.4) is 0 Å². The Bertz CT molecular complexity index is 2010. The van der Waals surface area contributed by atoms with Gasteiger partial charge in [-0.25, -0.2) is 9.13 Å². The van der Waals surface area contributed by atoms with E-state index in [4.69, 9.17) is 37.0 Å². The van der Waals surface area contributed by atoms with Crippen LogP contribution >= 0.6 is 15.6 Å². The molecule has 19 heteroatoms. The van der Waals surface area contributed by atoms with Crippen LogP contribution in [0.1, 0.15) is 434 Å². The molecule has 0 saturated heterocycles. The van der Waals surface area contributed by atoms with Gasteiger partial charge in [-0.05, 0) is 49.4 Å². The van der Waals surface area contributed by atoms with E-state index in [0.717, 1.165) is 120 Å². The van der Waals surface area contributed by atoms with Gasteiger partial charge in [0.2, 0.25) is 0 Å². The first-order valence-electron chi connectivity index (χ1n) is 43.3. The average molecular weight is 1510 g/mol. The van der Waals surface area contributed by atoms with Gasteiger partial charge in [-0.3, -0.25) is 37.3 Å². The van der Waals surface area contributed by atoms with Crippen molar-refractivity contribution in [1.82, 2.24) is 0 Å². The molecule has 0 aromatic carbocycles. The molecule has 0 spiro atoms. The lowest BCUT2D eigenvalue weighted by molar-refractivity contribution is -0.161. The van der Waals surface area contributed by atoms with E-state index in [9.17, 15) is 43.2 Å². The predicted octanol–water partition coefficient (Wildman–Crippen LogP) is 25.2. The smallest absolute Gasteiger partial charge is 0.462 e. The number of ether oxygens (including phenoxy) is 4. The molecule has 612 valence electrons. The molecule has 17 nitrogen and oxygen atoms in total. The number of phosphoric ester groups is 2. The molecular weight excluding hydrogens is 1340 g/mol. The molecule has 0 aliphatic rings. The Hall–Kier alpha value is -1.94. The Balaban J connectivity index is 5.25. The lowest BCUT2D eigenvalue weighted by Gasteiger charge is -2.21. The fourth-order valence-corrected chi connectivity index (χ4v) is 14.5. The first-order valence-corrected chi connectivity index (χ1v) is 46.3. The Labute approximate surface area is 632 Å². The molecule has 7 atom stereocenters. The van der Waals surface area contributed by atoms with Gasteiger partial charge in [-0.2, -0.15) is 0 Å². The van der Waals surface area contributed by atoms with Gasteiger partial charge >= 0.3 is 39.5 Å². The minimum atomic E-state index is -4.97. The summed E-state index contributed by atoms with van der Waals surface area (Å²) in [7, 11) is -9.93. The number of esters is 4. The van der Waals surface area contributed by atoms with Crippen LogP contribution in [0.5, 0.6) is 0 Å². The SMILES string of the molecule is CCC(C)CCCCCCCCCCCCCCCCC(=O)OC[C@H](COP(=O)(O)OC[C@@H](O)COP(=O)(O)OC[C@@H](COC(=O)CCCCCCCCC(C)CC)OC(=O)CCCCCCCCCCCCCCCCC(C)C)OC(=O)CCCCCCCCCCCCCCCCCC(C)C. The Morgan fingerprint density at radius 1 is 0.272 bits per heavy atom. The summed E-state index contributed by atoms with van der Waals surface area (Å²) in [6.07, 6.45) is 61.0. The van der Waals surface area contributed by atoms with Crippen LogP contribution in [0.4, 0.5) is 0 Å². The maximum absolute atomic E-state index is 13.1. The van der Waals surface area contributed by atoms with E-state index in [0.29, 0.717) is 25.7 Å². The fourth-order valence-electron chi connectivity index (χ4n) is 12.9. The van der Waals surface area contributed by atoms with E-state index in [-0.39, 0.29) is 25.7 Å². The van der Waals surface area contributed by atoms with Crippen molar-refractivity contribution in [2.75, 3.05) is 39.6 Å². The van der Waals surface area contributed by atoms with Crippen LogP contribution < -0.4 is 0 Å². The molecule has 0 saturated carbocycles. The van der Waals surface area contributed by atoms with Gasteiger partial charge < -0.3 is 33.8 Å². The molecule has 0 fully saturated rings. The standard InChI is InChI=1S/C84H164O17P2/c1-9-76(7)62-54-46-38-32-26-20-15-17-21-27-33-39-48-56-64-81(86)94-70-79(100-83(88)66-58-50-40-34-28-22-13-11-12-18-24-30-36-44-52-60-74(3)4)72-98-102(90,91)96-68-78(85)69-97-103(92,93)99-73-80(71-95-82(87)65-57-49-43-42-47-55-63-77(8)10-2)101-84(89)67-59-51-41-35-29-23-16-14-19-25-31-37-45-53-61-75(5)6/h74-80,85H,9-73H2,1-8H3,(H,90,91)(H,92,93)/t76?,77?,78-,79-,80-/m1/s1. The highest BCUT2D eigenvalue weighted by molar-refractivity contribution is 7.47. The average Bonchev–Trinajstić information content (AvgIpc) is 0.911. The number of aliphatic hydroxyl groups excluding tert-OH is 1. The molecule has 0 amide bonds. The Morgan fingerprint density at radius 3 is 0.689 bits per heavy atom. The van der Waals surface area contributed by atoms with Crippen LogP contribution in [0.25, 0.3) is 0 Å². The van der Waals surface area contributed by atoms with Gasteiger partial charge in [0.25, 0.3) is 0 Å². The molecule has 4 unspecified atom stereocenters. The largest absolute Gasteiger partial charge is 0.472 e. The van der Waals surface area contributed by atoms with Crippen LogP contribution in [0, 0.1) is 23.7 Å². The summed E-state index contributed by atoms with van der Waals surface area (Å²) in [5, 5.41) is 10.7. The zero-order chi connectivity index (χ0) is 76.0. The monoisotopic (exact) mass is 1510 g/mol. The number of phosphoric acid groups is 2. The van der Waals surface area contributed by atoms with Gasteiger partial charge in [0, 0.05) is 25.7 Å². The van der Waals surface area contributed by atoms with Gasteiger partial charge in [-0.1, -0.05) is 383 Å². The summed E-state index contributed by atoms with van der Waals surface area (Å²) in [5.41, 5.74) is 0. The van der Waals surface area contributed by atoms with Crippen LogP contribution in [-0.2, 0) is 65.4 Å². The van der Waals surface area contributed by atoms with E-state index in [1.165, 1.54) is 231 Å². The molecule has 0 aliphatic carbocycles. The summed E-state index contributed by atoms with van der Waals surface area (Å²) < 4.78 is 68.8. The van der Waals surface area contributed by atoms with Gasteiger partial charge in [-0.15, -0.1) is 0 Å². The first kappa shape index (κ1) is 101.